The van der Waals surface area contributed by atoms with Gasteiger partial charge >= 0.3 is 0 Å². The largest absolute Gasteiger partial charge is 0.356 e. The molecule has 2 aromatic carbocycles. The summed E-state index contributed by atoms with van der Waals surface area (Å²) in [5, 5.41) is 16.1. The van der Waals surface area contributed by atoms with Gasteiger partial charge in [0, 0.05) is 36.1 Å². The molecule has 1 fully saturated rings. The van der Waals surface area contributed by atoms with Gasteiger partial charge in [-0.1, -0.05) is 23.7 Å². The number of guanidine groups is 1. The molecule has 0 unspecified atom stereocenters. The minimum absolute atomic E-state index is 0. The SMILES string of the molecule is CN=C(NCc1cc(C#N)ccc1F)NCC1(c2cccc(Cl)c2)CC1.I. The standard InChI is InChI=1S/C20H20ClFN4.HI/c1-24-19(25-12-15-9-14(11-23)5-6-18(15)22)26-13-20(7-8-20)16-3-2-4-17(21)10-16;/h2-6,9-10H,7-8,12-13H2,1H3,(H2,24,25,26);1H. The number of nitriles is 1. The van der Waals surface area contributed by atoms with Crippen molar-refractivity contribution in [3.8, 4) is 6.07 Å². The van der Waals surface area contributed by atoms with E-state index in [0.29, 0.717) is 17.1 Å². The predicted octanol–water partition coefficient (Wildman–Crippen LogP) is 4.37. The van der Waals surface area contributed by atoms with Crippen LogP contribution in [0.5, 0.6) is 0 Å². The van der Waals surface area contributed by atoms with Gasteiger partial charge in [-0.15, -0.1) is 24.0 Å². The van der Waals surface area contributed by atoms with Gasteiger partial charge in [0.05, 0.1) is 11.6 Å². The number of rotatable bonds is 5. The Balaban J connectivity index is 0.00000261. The van der Waals surface area contributed by atoms with Crippen molar-refractivity contribution in [2.45, 2.75) is 24.8 Å². The molecule has 2 N–H and O–H groups in total. The highest BCUT2D eigenvalue weighted by molar-refractivity contribution is 14.0. The first-order chi connectivity index (χ1) is 12.6. The van der Waals surface area contributed by atoms with Crippen LogP contribution in [0, 0.1) is 17.1 Å². The summed E-state index contributed by atoms with van der Waals surface area (Å²) < 4.78 is 13.9. The van der Waals surface area contributed by atoms with E-state index in [1.807, 2.05) is 24.3 Å². The van der Waals surface area contributed by atoms with Crippen molar-refractivity contribution in [1.82, 2.24) is 10.6 Å². The Morgan fingerprint density at radius 1 is 1.26 bits per heavy atom. The van der Waals surface area contributed by atoms with Gasteiger partial charge in [-0.05, 0) is 48.7 Å². The van der Waals surface area contributed by atoms with Gasteiger partial charge in [0.15, 0.2) is 5.96 Å². The van der Waals surface area contributed by atoms with E-state index in [2.05, 4.69) is 21.7 Å². The molecule has 0 amide bonds. The summed E-state index contributed by atoms with van der Waals surface area (Å²) in [6.07, 6.45) is 2.19. The molecule has 0 spiro atoms. The third kappa shape index (κ3) is 5.33. The third-order valence-electron chi connectivity index (χ3n) is 4.73. The second kappa shape index (κ2) is 9.38. The smallest absolute Gasteiger partial charge is 0.191 e. The number of nitrogens with zero attached hydrogens (tertiary/aromatic N) is 2. The molecule has 0 bridgehead atoms. The predicted molar refractivity (Wildman–Crippen MR) is 117 cm³/mol. The Morgan fingerprint density at radius 2 is 2.04 bits per heavy atom. The Labute approximate surface area is 180 Å². The Bertz CT molecular complexity index is 875. The first-order valence-corrected chi connectivity index (χ1v) is 8.83. The Kier molecular flexibility index (Phi) is 7.45. The highest BCUT2D eigenvalue weighted by Crippen LogP contribution is 2.48. The van der Waals surface area contributed by atoms with Gasteiger partial charge < -0.3 is 10.6 Å². The summed E-state index contributed by atoms with van der Waals surface area (Å²) in [7, 11) is 1.68. The highest BCUT2D eigenvalue weighted by atomic mass is 127. The van der Waals surface area contributed by atoms with Gasteiger partial charge in [-0.3, -0.25) is 4.99 Å². The molecule has 0 saturated heterocycles. The minimum atomic E-state index is -0.343. The fourth-order valence-electron chi connectivity index (χ4n) is 2.97. The lowest BCUT2D eigenvalue weighted by Crippen LogP contribution is -2.41. The zero-order chi connectivity index (χ0) is 18.6. The molecule has 1 aliphatic carbocycles. The van der Waals surface area contributed by atoms with Gasteiger partial charge in [-0.25, -0.2) is 4.39 Å². The van der Waals surface area contributed by atoms with Crippen LogP contribution >= 0.6 is 35.6 Å². The van der Waals surface area contributed by atoms with E-state index >= 15 is 0 Å². The lowest BCUT2D eigenvalue weighted by molar-refractivity contribution is 0.601. The quantitative estimate of drug-likeness (QED) is 0.366. The van der Waals surface area contributed by atoms with Crippen LogP contribution in [0.15, 0.2) is 47.5 Å². The summed E-state index contributed by atoms with van der Waals surface area (Å²) >= 11 is 6.11. The zero-order valence-corrected chi connectivity index (χ0v) is 18.0. The molecule has 0 aliphatic heterocycles. The first-order valence-electron chi connectivity index (χ1n) is 8.45. The second-order valence-corrected chi connectivity index (χ2v) is 6.92. The van der Waals surface area contributed by atoms with Crippen molar-refractivity contribution in [2.75, 3.05) is 13.6 Å². The van der Waals surface area contributed by atoms with Crippen LogP contribution in [0.25, 0.3) is 0 Å². The van der Waals surface area contributed by atoms with Crippen molar-refractivity contribution < 1.29 is 4.39 Å². The number of hydrogen-bond donors (Lipinski definition) is 2. The zero-order valence-electron chi connectivity index (χ0n) is 14.9. The van der Waals surface area contributed by atoms with E-state index in [1.165, 1.54) is 17.7 Å². The van der Waals surface area contributed by atoms with Crippen LogP contribution in [0.1, 0.15) is 29.5 Å². The average molecular weight is 499 g/mol. The number of benzene rings is 2. The van der Waals surface area contributed by atoms with E-state index in [-0.39, 0.29) is 41.8 Å². The molecular weight excluding hydrogens is 478 g/mol. The molecular formula is C20H21ClFIN4. The topological polar surface area (TPSA) is 60.2 Å². The van der Waals surface area contributed by atoms with Gasteiger partial charge in [0.25, 0.3) is 0 Å². The summed E-state index contributed by atoms with van der Waals surface area (Å²) in [6, 6.07) is 14.3. The normalized spacial score (nSPS) is 14.7. The van der Waals surface area contributed by atoms with E-state index < -0.39 is 0 Å². The maximum absolute atomic E-state index is 13.9. The van der Waals surface area contributed by atoms with E-state index in [0.717, 1.165) is 24.4 Å². The average Bonchev–Trinajstić information content (AvgIpc) is 3.44. The fourth-order valence-corrected chi connectivity index (χ4v) is 3.16. The molecule has 1 aliphatic rings. The van der Waals surface area contributed by atoms with Gasteiger partial charge in [-0.2, -0.15) is 5.26 Å². The molecule has 0 aromatic heterocycles. The van der Waals surface area contributed by atoms with Crippen LogP contribution in [-0.4, -0.2) is 19.6 Å². The maximum atomic E-state index is 13.9. The molecule has 3 rings (SSSR count). The third-order valence-corrected chi connectivity index (χ3v) is 4.96. The lowest BCUT2D eigenvalue weighted by atomic mass is 9.96. The second-order valence-electron chi connectivity index (χ2n) is 6.49. The summed E-state index contributed by atoms with van der Waals surface area (Å²) in [5.74, 6) is 0.254. The number of nitrogens with one attached hydrogen (secondary N) is 2. The van der Waals surface area contributed by atoms with Crippen LogP contribution < -0.4 is 10.6 Å². The summed E-state index contributed by atoms with van der Waals surface area (Å²) in [6.45, 7) is 0.985. The molecule has 27 heavy (non-hydrogen) atoms. The lowest BCUT2D eigenvalue weighted by Gasteiger charge is -2.19. The van der Waals surface area contributed by atoms with E-state index in [9.17, 15) is 4.39 Å². The van der Waals surface area contributed by atoms with Gasteiger partial charge in [0.2, 0.25) is 0 Å². The fraction of sp³-hybridized carbons (Fsp3) is 0.300. The van der Waals surface area contributed by atoms with Crippen LogP contribution in [-0.2, 0) is 12.0 Å². The number of hydrogen-bond acceptors (Lipinski definition) is 2. The van der Waals surface area contributed by atoms with Crippen LogP contribution in [0.2, 0.25) is 5.02 Å². The van der Waals surface area contributed by atoms with Crippen molar-refractivity contribution in [1.29, 1.82) is 5.26 Å². The monoisotopic (exact) mass is 498 g/mol. The number of halogens is 3. The van der Waals surface area contributed by atoms with Crippen LogP contribution in [0.3, 0.4) is 0 Å². The highest BCUT2D eigenvalue weighted by Gasteiger charge is 2.44. The Hall–Kier alpha value is -1.85. The molecule has 0 atom stereocenters. The molecule has 142 valence electrons. The van der Waals surface area contributed by atoms with E-state index in [4.69, 9.17) is 16.9 Å². The van der Waals surface area contributed by atoms with Gasteiger partial charge in [0.1, 0.15) is 5.82 Å². The summed E-state index contributed by atoms with van der Waals surface area (Å²) in [4.78, 5) is 4.20. The first kappa shape index (κ1) is 21.5. The van der Waals surface area contributed by atoms with Crippen LogP contribution in [0.4, 0.5) is 4.39 Å². The summed E-state index contributed by atoms with van der Waals surface area (Å²) in [5.41, 5.74) is 2.17. The van der Waals surface area contributed by atoms with Crippen molar-refractivity contribution >= 4 is 41.5 Å². The van der Waals surface area contributed by atoms with Crippen molar-refractivity contribution in [3.63, 3.8) is 0 Å². The molecule has 1 saturated carbocycles. The number of aliphatic imine (C=N–C) groups is 1. The molecule has 7 heteroatoms. The molecule has 2 aromatic rings. The molecule has 4 nitrogen and oxygen atoms in total. The van der Waals surface area contributed by atoms with Crippen molar-refractivity contribution in [2.24, 2.45) is 4.99 Å². The minimum Gasteiger partial charge on any atom is -0.356 e. The van der Waals surface area contributed by atoms with E-state index in [1.54, 1.807) is 13.1 Å². The Morgan fingerprint density at radius 3 is 2.67 bits per heavy atom. The maximum Gasteiger partial charge on any atom is 0.191 e. The molecule has 0 radical (unpaired) electrons. The van der Waals surface area contributed by atoms with Crippen molar-refractivity contribution in [3.05, 3.63) is 70.0 Å². The molecule has 0 heterocycles.